The first-order chi connectivity index (χ1) is 10.2. The Balaban J connectivity index is 0.000000360. The minimum atomic E-state index is -0.736. The lowest BCUT2D eigenvalue weighted by molar-refractivity contribution is 0.497. The summed E-state index contributed by atoms with van der Waals surface area (Å²) in [5, 5.41) is 0. The zero-order chi connectivity index (χ0) is 17.4. The summed E-state index contributed by atoms with van der Waals surface area (Å²) in [4.78, 5) is 0. The zero-order valence-corrected chi connectivity index (χ0v) is 13.8. The van der Waals surface area contributed by atoms with Gasteiger partial charge in [-0.25, -0.2) is 17.6 Å². The molecule has 0 radical (unpaired) electrons. The second-order valence-electron chi connectivity index (χ2n) is 4.68. The minimum absolute atomic E-state index is 0.0885. The van der Waals surface area contributed by atoms with Crippen molar-refractivity contribution in [2.24, 2.45) is 0 Å². The molecule has 0 bridgehead atoms. The Bertz CT molecular complexity index is 569. The average molecular weight is 314 g/mol. The van der Waals surface area contributed by atoms with E-state index >= 15 is 0 Å². The molecule has 0 N–H and O–H groups in total. The van der Waals surface area contributed by atoms with Crippen molar-refractivity contribution in [3.05, 3.63) is 69.8 Å². The molecule has 0 atom stereocenters. The van der Waals surface area contributed by atoms with Crippen molar-refractivity contribution in [2.75, 3.05) is 0 Å². The maximum atomic E-state index is 12.6. The van der Waals surface area contributed by atoms with Crippen LogP contribution < -0.4 is 0 Å². The Labute approximate surface area is 129 Å². The van der Waals surface area contributed by atoms with Crippen LogP contribution in [0.15, 0.2) is 24.3 Å². The van der Waals surface area contributed by atoms with Crippen LogP contribution in [-0.2, 0) is 0 Å². The summed E-state index contributed by atoms with van der Waals surface area (Å²) in [6, 6.07) is 5.76. The van der Waals surface area contributed by atoms with Gasteiger partial charge in [0.2, 0.25) is 0 Å². The lowest BCUT2D eigenvalue weighted by Gasteiger charge is -1.99. The van der Waals surface area contributed by atoms with E-state index in [4.69, 9.17) is 0 Å². The van der Waals surface area contributed by atoms with E-state index in [1.807, 2.05) is 13.8 Å². The first-order valence-electron chi connectivity index (χ1n) is 7.07. The number of aryl methyl sites for hydroxylation is 3. The standard InChI is InChI=1S/2C8H8F2.C2H6/c1-5-3-7(9)6(2)8(10)4-5;1-5-3-4-6(2)8(10)7(5)9;1-2/h2*3-4H,1-2H3;1-2H3. The molecule has 0 aromatic heterocycles. The third-order valence-corrected chi connectivity index (χ3v) is 2.89. The van der Waals surface area contributed by atoms with E-state index < -0.39 is 23.3 Å². The van der Waals surface area contributed by atoms with Crippen molar-refractivity contribution >= 4 is 0 Å². The average Bonchev–Trinajstić information content (AvgIpc) is 2.49. The number of benzene rings is 2. The summed E-state index contributed by atoms with van der Waals surface area (Å²) in [5.41, 5.74) is 1.40. The Morgan fingerprint density at radius 1 is 0.636 bits per heavy atom. The molecular weight excluding hydrogens is 292 g/mol. The highest BCUT2D eigenvalue weighted by Gasteiger charge is 2.06. The van der Waals surface area contributed by atoms with Crippen LogP contribution in [0.2, 0.25) is 0 Å². The van der Waals surface area contributed by atoms with Crippen molar-refractivity contribution in [1.82, 2.24) is 0 Å². The van der Waals surface area contributed by atoms with E-state index in [2.05, 4.69) is 0 Å². The summed E-state index contributed by atoms with van der Waals surface area (Å²) in [6.07, 6.45) is 0. The molecule has 0 saturated heterocycles. The van der Waals surface area contributed by atoms with Crippen molar-refractivity contribution in [1.29, 1.82) is 0 Å². The highest BCUT2D eigenvalue weighted by atomic mass is 19.2. The summed E-state index contributed by atoms with van der Waals surface area (Å²) in [7, 11) is 0. The molecule has 2 aromatic carbocycles. The van der Waals surface area contributed by atoms with Gasteiger partial charge in [0, 0.05) is 5.56 Å². The van der Waals surface area contributed by atoms with Gasteiger partial charge in [-0.2, -0.15) is 0 Å². The van der Waals surface area contributed by atoms with Gasteiger partial charge >= 0.3 is 0 Å². The zero-order valence-electron chi connectivity index (χ0n) is 13.8. The number of rotatable bonds is 0. The van der Waals surface area contributed by atoms with Gasteiger partial charge in [0.05, 0.1) is 0 Å². The molecule has 2 aromatic rings. The fourth-order valence-electron chi connectivity index (χ4n) is 1.51. The van der Waals surface area contributed by atoms with Crippen LogP contribution in [0, 0.1) is 51.0 Å². The highest BCUT2D eigenvalue weighted by Crippen LogP contribution is 2.14. The number of hydrogen-bond donors (Lipinski definition) is 0. The van der Waals surface area contributed by atoms with E-state index in [9.17, 15) is 17.6 Å². The molecule has 0 fully saturated rings. The molecule has 22 heavy (non-hydrogen) atoms. The molecule has 0 aliphatic carbocycles. The molecule has 2 rings (SSSR count). The molecule has 0 spiro atoms. The van der Waals surface area contributed by atoms with Crippen LogP contribution in [0.1, 0.15) is 36.1 Å². The number of halogens is 4. The number of hydrogen-bond acceptors (Lipinski definition) is 0. The lowest BCUT2D eigenvalue weighted by Crippen LogP contribution is -1.91. The van der Waals surface area contributed by atoms with Crippen LogP contribution in [0.3, 0.4) is 0 Å². The third kappa shape index (κ3) is 5.51. The molecule has 0 aliphatic rings. The maximum Gasteiger partial charge on any atom is 0.161 e. The fraction of sp³-hybridized carbons (Fsp3) is 0.333. The molecule has 0 amide bonds. The van der Waals surface area contributed by atoms with Crippen LogP contribution in [0.4, 0.5) is 17.6 Å². The summed E-state index contributed by atoms with van der Waals surface area (Å²) in [5.74, 6) is -2.42. The van der Waals surface area contributed by atoms with Crippen molar-refractivity contribution in [3.63, 3.8) is 0 Å². The van der Waals surface area contributed by atoms with E-state index in [0.717, 1.165) is 0 Å². The smallest absolute Gasteiger partial charge is 0.161 e. The topological polar surface area (TPSA) is 0 Å². The largest absolute Gasteiger partial charge is 0.207 e. The molecule has 0 heterocycles. The Kier molecular flexibility index (Phi) is 8.46. The predicted molar refractivity (Wildman–Crippen MR) is 83.0 cm³/mol. The minimum Gasteiger partial charge on any atom is -0.207 e. The summed E-state index contributed by atoms with van der Waals surface area (Å²) >= 11 is 0. The lowest BCUT2D eigenvalue weighted by atomic mass is 10.1. The monoisotopic (exact) mass is 314 g/mol. The molecule has 0 unspecified atom stereocenters. The van der Waals surface area contributed by atoms with Crippen molar-refractivity contribution in [3.8, 4) is 0 Å². The maximum absolute atomic E-state index is 12.6. The Morgan fingerprint density at radius 2 is 0.955 bits per heavy atom. The van der Waals surface area contributed by atoms with Gasteiger partial charge in [0.15, 0.2) is 11.6 Å². The van der Waals surface area contributed by atoms with Crippen LogP contribution in [-0.4, -0.2) is 0 Å². The van der Waals surface area contributed by atoms with Gasteiger partial charge in [0.25, 0.3) is 0 Å². The first-order valence-corrected chi connectivity index (χ1v) is 7.07. The van der Waals surface area contributed by atoms with Gasteiger partial charge in [0.1, 0.15) is 11.6 Å². The van der Waals surface area contributed by atoms with E-state index in [-0.39, 0.29) is 5.56 Å². The Hall–Kier alpha value is -1.84. The van der Waals surface area contributed by atoms with E-state index in [1.165, 1.54) is 32.9 Å². The van der Waals surface area contributed by atoms with Gasteiger partial charge in [-0.3, -0.25) is 0 Å². The SMILES string of the molecule is CC.Cc1cc(F)c(C)c(F)c1.Cc1ccc(C)c(F)c1F. The third-order valence-electron chi connectivity index (χ3n) is 2.89. The molecular formula is C18H22F4. The fourth-order valence-corrected chi connectivity index (χ4v) is 1.51. The van der Waals surface area contributed by atoms with Gasteiger partial charge in [-0.15, -0.1) is 0 Å². The highest BCUT2D eigenvalue weighted by molar-refractivity contribution is 5.24. The van der Waals surface area contributed by atoms with Gasteiger partial charge < -0.3 is 0 Å². The second kappa shape index (κ2) is 9.23. The predicted octanol–water partition coefficient (Wildman–Crippen LogP) is 6.19. The van der Waals surface area contributed by atoms with Gasteiger partial charge in [-0.05, 0) is 56.5 Å². The quantitative estimate of drug-likeness (QED) is 0.509. The van der Waals surface area contributed by atoms with Crippen molar-refractivity contribution in [2.45, 2.75) is 41.5 Å². The van der Waals surface area contributed by atoms with E-state index in [0.29, 0.717) is 16.7 Å². The second-order valence-corrected chi connectivity index (χ2v) is 4.68. The van der Waals surface area contributed by atoms with Crippen LogP contribution in [0.25, 0.3) is 0 Å². The molecule has 0 saturated carbocycles. The summed E-state index contributed by atoms with van der Waals surface area (Å²) < 4.78 is 50.4. The first kappa shape index (κ1) is 20.2. The van der Waals surface area contributed by atoms with Crippen molar-refractivity contribution < 1.29 is 17.6 Å². The molecule has 0 aliphatic heterocycles. The molecule has 4 heteroatoms. The van der Waals surface area contributed by atoms with Crippen LogP contribution >= 0.6 is 0 Å². The van der Waals surface area contributed by atoms with Crippen LogP contribution in [0.5, 0.6) is 0 Å². The Morgan fingerprint density at radius 3 is 1.27 bits per heavy atom. The van der Waals surface area contributed by atoms with E-state index in [1.54, 1.807) is 19.1 Å². The van der Waals surface area contributed by atoms with Gasteiger partial charge in [-0.1, -0.05) is 26.0 Å². The normalized spacial score (nSPS) is 9.36. The summed E-state index contributed by atoms with van der Waals surface area (Å²) in [6.45, 7) is 10.2. The molecule has 122 valence electrons. The molecule has 0 nitrogen and oxygen atoms in total.